The summed E-state index contributed by atoms with van der Waals surface area (Å²) in [4.78, 5) is 14.2. The van der Waals surface area contributed by atoms with Gasteiger partial charge in [-0.1, -0.05) is 28.9 Å². The van der Waals surface area contributed by atoms with E-state index < -0.39 is 0 Å². The lowest BCUT2D eigenvalue weighted by Gasteiger charge is -2.18. The number of benzene rings is 1. The Bertz CT molecular complexity index is 379. The molecule has 0 bridgehead atoms. The van der Waals surface area contributed by atoms with Crippen molar-refractivity contribution in [3.8, 4) is 5.75 Å². The van der Waals surface area contributed by atoms with Gasteiger partial charge in [0.25, 0.3) is 5.91 Å². The predicted octanol–water partition coefficient (Wildman–Crippen LogP) is 2.94. The minimum Gasteiger partial charge on any atom is -0.497 e. The maximum Gasteiger partial charge on any atom is 0.253 e. The Hall–Kier alpha value is -1.03. The molecule has 17 heavy (non-hydrogen) atoms. The molecule has 1 unspecified atom stereocenters. The number of carbonyl (C=O) groups is 1. The summed E-state index contributed by atoms with van der Waals surface area (Å²) in [5.74, 6) is 0.732. The molecule has 1 aromatic rings. The van der Waals surface area contributed by atoms with Gasteiger partial charge >= 0.3 is 0 Å². The van der Waals surface area contributed by atoms with Gasteiger partial charge in [-0.2, -0.15) is 0 Å². The van der Waals surface area contributed by atoms with Crippen molar-refractivity contribution in [1.29, 1.82) is 0 Å². The molecule has 0 aromatic heterocycles. The number of hydrogen-bond donors (Lipinski definition) is 0. The van der Waals surface area contributed by atoms with Gasteiger partial charge in [-0.05, 0) is 24.6 Å². The number of amides is 1. The highest BCUT2D eigenvalue weighted by Crippen LogP contribution is 2.14. The first-order chi connectivity index (χ1) is 8.04. The van der Waals surface area contributed by atoms with E-state index >= 15 is 0 Å². The second kappa shape index (κ2) is 6.64. The lowest BCUT2D eigenvalue weighted by molar-refractivity contribution is 0.0793. The fourth-order valence-corrected chi connectivity index (χ4v) is 1.65. The molecule has 0 N–H and O–H groups in total. The molecule has 94 valence electrons. The zero-order valence-electron chi connectivity index (χ0n) is 10.4. The molecule has 0 aliphatic heterocycles. The fraction of sp³-hybridized carbons (Fsp3) is 0.462. The van der Waals surface area contributed by atoms with E-state index in [1.165, 1.54) is 0 Å². The predicted molar refractivity (Wildman–Crippen MR) is 73.0 cm³/mol. The summed E-state index contributed by atoms with van der Waals surface area (Å²) in [7, 11) is 3.41. The van der Waals surface area contributed by atoms with E-state index in [4.69, 9.17) is 4.74 Å². The van der Waals surface area contributed by atoms with Crippen LogP contribution in [0.3, 0.4) is 0 Å². The van der Waals surface area contributed by atoms with E-state index in [1.54, 1.807) is 24.1 Å². The van der Waals surface area contributed by atoms with Crippen LogP contribution in [0, 0.1) is 0 Å². The van der Waals surface area contributed by atoms with Gasteiger partial charge in [-0.3, -0.25) is 4.79 Å². The highest BCUT2D eigenvalue weighted by molar-refractivity contribution is 9.09. The minimum absolute atomic E-state index is 0.0250. The second-order valence-corrected chi connectivity index (χ2v) is 5.59. The van der Waals surface area contributed by atoms with E-state index in [0.717, 1.165) is 13.0 Å². The summed E-state index contributed by atoms with van der Waals surface area (Å²) in [6, 6.07) is 7.22. The molecule has 1 rings (SSSR count). The van der Waals surface area contributed by atoms with E-state index in [1.807, 2.05) is 19.2 Å². The van der Waals surface area contributed by atoms with E-state index in [0.29, 0.717) is 16.1 Å². The number of halogens is 1. The average Bonchev–Trinajstić information content (AvgIpc) is 2.35. The average molecular weight is 300 g/mol. The fourth-order valence-electron chi connectivity index (χ4n) is 1.45. The van der Waals surface area contributed by atoms with E-state index in [9.17, 15) is 4.79 Å². The molecule has 0 aliphatic carbocycles. The van der Waals surface area contributed by atoms with Gasteiger partial charge in [0.15, 0.2) is 0 Å². The van der Waals surface area contributed by atoms with Gasteiger partial charge in [0.05, 0.1) is 7.11 Å². The topological polar surface area (TPSA) is 29.5 Å². The van der Waals surface area contributed by atoms with Gasteiger partial charge in [0, 0.05) is 24.0 Å². The monoisotopic (exact) mass is 299 g/mol. The van der Waals surface area contributed by atoms with E-state index in [2.05, 4.69) is 22.9 Å². The van der Waals surface area contributed by atoms with Crippen LogP contribution in [0.5, 0.6) is 5.75 Å². The zero-order chi connectivity index (χ0) is 12.8. The Morgan fingerprint density at radius 2 is 2.24 bits per heavy atom. The summed E-state index contributed by atoms with van der Waals surface area (Å²) in [5.41, 5.74) is 0.661. The number of rotatable bonds is 5. The third-order valence-electron chi connectivity index (χ3n) is 2.53. The van der Waals surface area contributed by atoms with Gasteiger partial charge in [-0.15, -0.1) is 0 Å². The molecule has 3 nitrogen and oxygen atoms in total. The largest absolute Gasteiger partial charge is 0.497 e. The number of nitrogens with zero attached hydrogens (tertiary/aromatic N) is 1. The van der Waals surface area contributed by atoms with Crippen LogP contribution in [0.15, 0.2) is 24.3 Å². The van der Waals surface area contributed by atoms with Crippen molar-refractivity contribution in [2.45, 2.75) is 18.2 Å². The Morgan fingerprint density at radius 3 is 2.82 bits per heavy atom. The van der Waals surface area contributed by atoms with Crippen molar-refractivity contribution >= 4 is 21.8 Å². The molecule has 0 saturated carbocycles. The Kier molecular flexibility index (Phi) is 5.48. The summed E-state index contributed by atoms with van der Waals surface area (Å²) in [6.45, 7) is 2.81. The number of hydrogen-bond acceptors (Lipinski definition) is 2. The van der Waals surface area contributed by atoms with Crippen molar-refractivity contribution in [2.24, 2.45) is 0 Å². The first kappa shape index (κ1) is 14.0. The molecule has 1 amide bonds. The van der Waals surface area contributed by atoms with E-state index in [-0.39, 0.29) is 5.91 Å². The number of ether oxygens (including phenoxy) is 1. The highest BCUT2D eigenvalue weighted by Gasteiger charge is 2.12. The molecule has 0 heterocycles. The molecule has 0 saturated heterocycles. The Balaban J connectivity index is 2.67. The smallest absolute Gasteiger partial charge is 0.253 e. The Labute approximate surface area is 111 Å². The lowest BCUT2D eigenvalue weighted by atomic mass is 10.2. The molecule has 1 atom stereocenters. The van der Waals surface area contributed by atoms with Crippen molar-refractivity contribution in [2.75, 3.05) is 20.7 Å². The molecular weight excluding hydrogens is 282 g/mol. The first-order valence-electron chi connectivity index (χ1n) is 5.58. The van der Waals surface area contributed by atoms with Crippen LogP contribution < -0.4 is 4.74 Å². The van der Waals surface area contributed by atoms with Crippen LogP contribution in [0.1, 0.15) is 23.7 Å². The number of carbonyl (C=O) groups excluding carboxylic acids is 1. The normalized spacial score (nSPS) is 12.0. The van der Waals surface area contributed by atoms with Crippen LogP contribution in [0.4, 0.5) is 0 Å². The Morgan fingerprint density at radius 1 is 1.53 bits per heavy atom. The number of methoxy groups -OCH3 is 1. The van der Waals surface area contributed by atoms with Gasteiger partial charge in [-0.25, -0.2) is 0 Å². The van der Waals surface area contributed by atoms with Gasteiger partial charge in [0.2, 0.25) is 0 Å². The standard InChI is InChI=1S/C13H18BrNO2/c1-10(14)7-8-15(2)13(16)11-5-4-6-12(9-11)17-3/h4-6,9-10H,7-8H2,1-3H3. The second-order valence-electron chi connectivity index (χ2n) is 4.03. The molecular formula is C13H18BrNO2. The summed E-state index contributed by atoms with van der Waals surface area (Å²) < 4.78 is 5.10. The third-order valence-corrected chi connectivity index (χ3v) is 2.98. The van der Waals surface area contributed by atoms with Crippen LogP contribution in [0.2, 0.25) is 0 Å². The van der Waals surface area contributed by atoms with Crippen molar-refractivity contribution < 1.29 is 9.53 Å². The van der Waals surface area contributed by atoms with Gasteiger partial charge in [0.1, 0.15) is 5.75 Å². The number of alkyl halides is 1. The lowest BCUT2D eigenvalue weighted by Crippen LogP contribution is -2.28. The maximum absolute atomic E-state index is 12.1. The third kappa shape index (κ3) is 4.38. The van der Waals surface area contributed by atoms with Crippen molar-refractivity contribution in [3.63, 3.8) is 0 Å². The zero-order valence-corrected chi connectivity index (χ0v) is 12.0. The van der Waals surface area contributed by atoms with Crippen LogP contribution in [-0.4, -0.2) is 36.3 Å². The molecule has 0 spiro atoms. The molecule has 0 aliphatic rings. The summed E-state index contributed by atoms with van der Waals surface area (Å²) >= 11 is 3.47. The molecule has 0 fully saturated rings. The van der Waals surface area contributed by atoms with Gasteiger partial charge < -0.3 is 9.64 Å². The van der Waals surface area contributed by atoms with Crippen molar-refractivity contribution in [1.82, 2.24) is 4.90 Å². The maximum atomic E-state index is 12.1. The van der Waals surface area contributed by atoms with Crippen LogP contribution in [0.25, 0.3) is 0 Å². The SMILES string of the molecule is COc1cccc(C(=O)N(C)CCC(C)Br)c1. The highest BCUT2D eigenvalue weighted by atomic mass is 79.9. The molecule has 4 heteroatoms. The first-order valence-corrected chi connectivity index (χ1v) is 6.49. The quantitative estimate of drug-likeness (QED) is 0.783. The molecule has 0 radical (unpaired) electrons. The molecule has 1 aromatic carbocycles. The van der Waals surface area contributed by atoms with Crippen molar-refractivity contribution in [3.05, 3.63) is 29.8 Å². The summed E-state index contributed by atoms with van der Waals surface area (Å²) in [6.07, 6.45) is 0.937. The summed E-state index contributed by atoms with van der Waals surface area (Å²) in [5, 5.41) is 0. The van der Waals surface area contributed by atoms with Crippen LogP contribution in [-0.2, 0) is 0 Å². The minimum atomic E-state index is 0.0250. The van der Waals surface area contributed by atoms with Crippen LogP contribution >= 0.6 is 15.9 Å².